The molecule has 0 fully saturated rings. The van der Waals surface area contributed by atoms with Crippen LogP contribution >= 0.6 is 0 Å². The van der Waals surface area contributed by atoms with Crippen LogP contribution in [0.4, 0.5) is 23.0 Å². The standard InChI is InChI=1S/C30H49N5O2/c1-3-5-7-8-9-10-11-12-13-14-15-16-17-18-24-31-29-28(35(36)37)30(33-25-32-29)34-27-22-20-26(21-23-27)19-6-4-2/h20-23,25H,3-19,24H2,1-2H3,(H2,31,32,33,34). The SMILES string of the molecule is CCCCCCCCCCCCCCCCNc1ncnc(Nc2ccc(CCCC)cc2)c1[N+](=O)[O-]. The zero-order valence-corrected chi connectivity index (χ0v) is 23.3. The van der Waals surface area contributed by atoms with Crippen LogP contribution in [-0.4, -0.2) is 21.4 Å². The van der Waals surface area contributed by atoms with Crippen LogP contribution < -0.4 is 10.6 Å². The van der Waals surface area contributed by atoms with E-state index in [-0.39, 0.29) is 17.3 Å². The number of nitrogens with one attached hydrogen (secondary N) is 2. The number of benzene rings is 1. The van der Waals surface area contributed by atoms with Crippen LogP contribution in [-0.2, 0) is 6.42 Å². The third-order valence-corrected chi connectivity index (χ3v) is 6.86. The largest absolute Gasteiger partial charge is 0.364 e. The lowest BCUT2D eigenvalue weighted by Gasteiger charge is -2.10. The topological polar surface area (TPSA) is 93.0 Å². The fourth-order valence-electron chi connectivity index (χ4n) is 4.57. The summed E-state index contributed by atoms with van der Waals surface area (Å²) in [6.45, 7) is 5.11. The van der Waals surface area contributed by atoms with E-state index in [0.717, 1.165) is 37.8 Å². The Kier molecular flexibility index (Phi) is 16.0. The molecule has 1 heterocycles. The summed E-state index contributed by atoms with van der Waals surface area (Å²) in [5.74, 6) is 0.488. The molecule has 0 saturated carbocycles. The maximum absolute atomic E-state index is 11.8. The Bertz CT molecular complexity index is 873. The van der Waals surface area contributed by atoms with Crippen LogP contribution in [0.1, 0.15) is 122 Å². The van der Waals surface area contributed by atoms with Gasteiger partial charge in [0, 0.05) is 12.2 Å². The fourth-order valence-corrected chi connectivity index (χ4v) is 4.57. The van der Waals surface area contributed by atoms with Gasteiger partial charge in [-0.1, -0.05) is 116 Å². The van der Waals surface area contributed by atoms with Crippen LogP contribution in [0.2, 0.25) is 0 Å². The Morgan fingerprint density at radius 3 is 1.76 bits per heavy atom. The van der Waals surface area contributed by atoms with E-state index < -0.39 is 4.92 Å². The molecule has 0 unspecified atom stereocenters. The van der Waals surface area contributed by atoms with Gasteiger partial charge in [-0.25, -0.2) is 9.97 Å². The number of nitro groups is 1. The predicted octanol–water partition coefficient (Wildman–Crippen LogP) is 9.36. The first-order valence-corrected chi connectivity index (χ1v) is 14.7. The van der Waals surface area contributed by atoms with E-state index in [4.69, 9.17) is 0 Å². The maximum Gasteiger partial charge on any atom is 0.353 e. The summed E-state index contributed by atoms with van der Waals surface area (Å²) in [7, 11) is 0. The van der Waals surface area contributed by atoms with E-state index in [2.05, 4.69) is 46.6 Å². The van der Waals surface area contributed by atoms with Crippen LogP contribution in [0.3, 0.4) is 0 Å². The first-order valence-electron chi connectivity index (χ1n) is 14.7. The summed E-state index contributed by atoms with van der Waals surface area (Å²) >= 11 is 0. The third kappa shape index (κ3) is 12.9. The molecular formula is C30H49N5O2. The minimum Gasteiger partial charge on any atom is -0.364 e. The average molecular weight is 512 g/mol. The van der Waals surface area contributed by atoms with Crippen molar-refractivity contribution in [3.05, 3.63) is 46.3 Å². The lowest BCUT2D eigenvalue weighted by Crippen LogP contribution is -2.09. The lowest BCUT2D eigenvalue weighted by atomic mass is 10.0. The minimum atomic E-state index is -0.411. The minimum absolute atomic E-state index is 0.108. The van der Waals surface area contributed by atoms with Crippen molar-refractivity contribution in [3.63, 3.8) is 0 Å². The van der Waals surface area contributed by atoms with E-state index in [9.17, 15) is 10.1 Å². The number of aromatic nitrogens is 2. The molecule has 0 aliphatic carbocycles. The molecule has 0 spiro atoms. The molecule has 0 aliphatic heterocycles. The molecule has 0 aliphatic rings. The second-order valence-corrected chi connectivity index (χ2v) is 10.1. The van der Waals surface area contributed by atoms with Gasteiger partial charge in [-0.3, -0.25) is 10.1 Å². The van der Waals surface area contributed by atoms with Crippen molar-refractivity contribution in [2.75, 3.05) is 17.2 Å². The molecule has 0 atom stereocenters. The normalized spacial score (nSPS) is 11.0. The smallest absolute Gasteiger partial charge is 0.353 e. The van der Waals surface area contributed by atoms with Crippen molar-refractivity contribution in [1.29, 1.82) is 0 Å². The summed E-state index contributed by atoms with van der Waals surface area (Å²) in [5, 5.41) is 18.1. The Morgan fingerprint density at radius 1 is 0.703 bits per heavy atom. The molecule has 37 heavy (non-hydrogen) atoms. The number of unbranched alkanes of at least 4 members (excludes halogenated alkanes) is 14. The molecular weight excluding hydrogens is 462 g/mol. The van der Waals surface area contributed by atoms with E-state index in [1.165, 1.54) is 88.9 Å². The second kappa shape index (κ2) is 19.4. The van der Waals surface area contributed by atoms with Gasteiger partial charge in [0.2, 0.25) is 11.6 Å². The van der Waals surface area contributed by atoms with E-state index in [0.29, 0.717) is 6.54 Å². The van der Waals surface area contributed by atoms with Gasteiger partial charge in [0.25, 0.3) is 0 Å². The Morgan fingerprint density at radius 2 is 1.22 bits per heavy atom. The Labute approximate surface area is 224 Å². The first kappa shape index (κ1) is 30.5. The van der Waals surface area contributed by atoms with Crippen molar-refractivity contribution in [3.8, 4) is 0 Å². The monoisotopic (exact) mass is 511 g/mol. The molecule has 0 radical (unpaired) electrons. The predicted molar refractivity (Wildman–Crippen MR) is 156 cm³/mol. The van der Waals surface area contributed by atoms with Gasteiger partial charge in [-0.2, -0.15) is 0 Å². The van der Waals surface area contributed by atoms with Gasteiger partial charge < -0.3 is 10.6 Å². The number of nitrogens with zero attached hydrogens (tertiary/aromatic N) is 3. The van der Waals surface area contributed by atoms with Gasteiger partial charge in [-0.15, -0.1) is 0 Å². The van der Waals surface area contributed by atoms with Crippen LogP contribution in [0, 0.1) is 10.1 Å². The van der Waals surface area contributed by atoms with Crippen molar-refractivity contribution >= 4 is 23.0 Å². The van der Waals surface area contributed by atoms with Crippen LogP contribution in [0.15, 0.2) is 30.6 Å². The van der Waals surface area contributed by atoms with E-state index in [1.807, 2.05) is 12.1 Å². The molecule has 2 rings (SSSR count). The molecule has 7 nitrogen and oxygen atoms in total. The number of rotatable bonds is 22. The average Bonchev–Trinajstić information content (AvgIpc) is 2.90. The third-order valence-electron chi connectivity index (χ3n) is 6.86. The van der Waals surface area contributed by atoms with E-state index in [1.54, 1.807) is 0 Å². The number of hydrogen-bond donors (Lipinski definition) is 2. The highest BCUT2D eigenvalue weighted by Gasteiger charge is 2.22. The van der Waals surface area contributed by atoms with Gasteiger partial charge in [0.05, 0.1) is 4.92 Å². The highest BCUT2D eigenvalue weighted by atomic mass is 16.6. The molecule has 0 bridgehead atoms. The Balaban J connectivity index is 1.65. The summed E-state index contributed by atoms with van der Waals surface area (Å²) < 4.78 is 0. The Hall–Kier alpha value is -2.70. The van der Waals surface area contributed by atoms with Crippen molar-refractivity contribution in [1.82, 2.24) is 9.97 Å². The molecule has 1 aromatic heterocycles. The molecule has 0 saturated heterocycles. The summed E-state index contributed by atoms with van der Waals surface area (Å²) in [5.41, 5.74) is 1.93. The highest BCUT2D eigenvalue weighted by molar-refractivity contribution is 5.73. The summed E-state index contributed by atoms with van der Waals surface area (Å²) in [4.78, 5) is 19.7. The maximum atomic E-state index is 11.8. The van der Waals surface area contributed by atoms with E-state index >= 15 is 0 Å². The zero-order chi connectivity index (χ0) is 26.6. The number of hydrogen-bond acceptors (Lipinski definition) is 6. The number of anilines is 3. The fraction of sp³-hybridized carbons (Fsp3) is 0.667. The van der Waals surface area contributed by atoms with Gasteiger partial charge in [-0.05, 0) is 37.0 Å². The second-order valence-electron chi connectivity index (χ2n) is 10.1. The summed E-state index contributed by atoms with van der Waals surface area (Å²) in [6.07, 6.45) is 23.0. The highest BCUT2D eigenvalue weighted by Crippen LogP contribution is 2.31. The van der Waals surface area contributed by atoms with Crippen LogP contribution in [0.5, 0.6) is 0 Å². The van der Waals surface area contributed by atoms with Crippen LogP contribution in [0.25, 0.3) is 0 Å². The summed E-state index contributed by atoms with van der Waals surface area (Å²) in [6, 6.07) is 8.00. The van der Waals surface area contributed by atoms with Gasteiger partial charge >= 0.3 is 5.69 Å². The molecule has 1 aromatic carbocycles. The van der Waals surface area contributed by atoms with Gasteiger partial charge in [0.15, 0.2) is 0 Å². The zero-order valence-electron chi connectivity index (χ0n) is 23.3. The first-order chi connectivity index (χ1) is 18.2. The van der Waals surface area contributed by atoms with Crippen molar-refractivity contribution in [2.45, 2.75) is 123 Å². The van der Waals surface area contributed by atoms with Crippen molar-refractivity contribution < 1.29 is 4.92 Å². The molecule has 2 aromatic rings. The lowest BCUT2D eigenvalue weighted by molar-refractivity contribution is -0.383. The molecule has 7 heteroatoms. The van der Waals surface area contributed by atoms with Gasteiger partial charge in [0.1, 0.15) is 6.33 Å². The molecule has 2 N–H and O–H groups in total. The van der Waals surface area contributed by atoms with Crippen molar-refractivity contribution in [2.24, 2.45) is 0 Å². The number of aryl methyl sites for hydroxylation is 1. The molecule has 206 valence electrons. The quantitative estimate of drug-likeness (QED) is 0.0929. The molecule has 0 amide bonds.